The van der Waals surface area contributed by atoms with Gasteiger partial charge in [0.1, 0.15) is 53.7 Å². The summed E-state index contributed by atoms with van der Waals surface area (Å²) in [5.74, 6) is -4.40. The van der Waals surface area contributed by atoms with Gasteiger partial charge in [-0.25, -0.2) is 9.59 Å². The molecular weight excluding hydrogens is 1130 g/mol. The lowest BCUT2D eigenvalue weighted by atomic mass is 9.75. The Labute approximate surface area is 511 Å². The number of hydrogen-bond donors (Lipinski definition) is 2. The van der Waals surface area contributed by atoms with Crippen molar-refractivity contribution in [3.63, 3.8) is 0 Å². The van der Waals surface area contributed by atoms with E-state index in [1.807, 2.05) is 45.1 Å². The van der Waals surface area contributed by atoms with Crippen LogP contribution >= 0.6 is 11.8 Å². The number of nitrogens with zero attached hydrogens (tertiary/aromatic N) is 2. The third-order valence-corrected chi connectivity index (χ3v) is 19.3. The van der Waals surface area contributed by atoms with E-state index in [0.29, 0.717) is 44.3 Å². The molecule has 3 fully saturated rings. The number of esters is 2. The lowest BCUT2D eigenvalue weighted by Gasteiger charge is -2.47. The number of likely N-dealkylation sites (tertiary alicyclic amines) is 1. The first-order chi connectivity index (χ1) is 40.6. The van der Waals surface area contributed by atoms with Crippen LogP contribution < -0.4 is 10.1 Å². The van der Waals surface area contributed by atoms with Crippen LogP contribution in [0.5, 0.6) is 5.75 Å². The molecule has 3 saturated heterocycles. The number of ether oxygens (including phenoxy) is 7. The maximum Gasteiger partial charge on any atom is 0.410 e. The second kappa shape index (κ2) is 30.5. The van der Waals surface area contributed by atoms with E-state index in [2.05, 4.69) is 5.32 Å². The number of benzene rings is 1. The van der Waals surface area contributed by atoms with E-state index in [1.165, 1.54) is 30.9 Å². The predicted octanol–water partition coefficient (Wildman–Crippen LogP) is 8.53. The van der Waals surface area contributed by atoms with Gasteiger partial charge in [0.2, 0.25) is 17.7 Å². The Bertz CT molecular complexity index is 2760. The number of carbonyl (C=O) groups is 9. The lowest BCUT2D eigenvalue weighted by Crippen LogP contribution is -2.67. The summed E-state index contributed by atoms with van der Waals surface area (Å²) in [6.07, 6.45) is 9.14. The molecule has 0 spiro atoms. The number of ketones is 2. The Morgan fingerprint density at radius 3 is 2.35 bits per heavy atom. The van der Waals surface area contributed by atoms with E-state index in [9.17, 15) is 48.3 Å². The minimum Gasteiger partial charge on any atom is -0.496 e. The number of nitrogens with one attached hydrogen (secondary N) is 1. The number of alkyl carbamates (subject to hydrolysis) is 1. The van der Waals surface area contributed by atoms with E-state index in [-0.39, 0.29) is 85.4 Å². The minimum absolute atomic E-state index is 0.0843. The standard InChI is InChI=1S/C65H93N3O17S/c1-14-46-34-56(72)68(58(46)73)29-20-22-47(69)36-81-50-23-17-15-16-18-24-51(50)82-59(74)39(3)26-27-40(4)61(76)86-30-28-55(71)67(11)44(8)60(75)83-54-35-49(70)41(5)48-32-45(33-52(79-12)42(48)6)31-38(2)21-19-25-53(80-13)65(78)37-63(9,85-62(77)66-65)43(7)57-64(54,10)84-57/h18-19,21,24-25,32-33,39-41,43-44,46,50-51,53-54,57,78H,14-17,20,22-23,26-31,34-37H2,1-13H3,(H,66,77)/b24-18+,25-19+,38-21+/t39?,40?,41?,43-,44-,46?,50?,51?,53?,54-,57-,63?,64-,65?/m0/s1. The number of allylic oxidation sites excluding steroid dienone is 4. The van der Waals surface area contributed by atoms with Gasteiger partial charge in [0, 0.05) is 82.2 Å². The van der Waals surface area contributed by atoms with Crippen molar-refractivity contribution >= 4 is 64.2 Å². The predicted molar refractivity (Wildman–Crippen MR) is 322 cm³/mol. The van der Waals surface area contributed by atoms with Gasteiger partial charge in [-0.15, -0.1) is 0 Å². The number of epoxide rings is 1. The van der Waals surface area contributed by atoms with Crippen LogP contribution in [0, 0.1) is 30.6 Å². The molecule has 9 unspecified atom stereocenters. The van der Waals surface area contributed by atoms with E-state index >= 15 is 0 Å². The van der Waals surface area contributed by atoms with Crippen molar-refractivity contribution in [2.24, 2.45) is 23.7 Å². The number of amides is 4. The molecule has 5 aliphatic rings. The highest BCUT2D eigenvalue weighted by molar-refractivity contribution is 8.13. The lowest BCUT2D eigenvalue weighted by molar-refractivity contribution is -0.174. The molecule has 0 aromatic heterocycles. The molecule has 2 N–H and O–H groups in total. The molecule has 21 heteroatoms. The fourth-order valence-corrected chi connectivity index (χ4v) is 12.9. The molecule has 476 valence electrons. The molecule has 3 heterocycles. The zero-order chi connectivity index (χ0) is 63.4. The number of hydrogen-bond acceptors (Lipinski definition) is 18. The fourth-order valence-electron chi connectivity index (χ4n) is 12.0. The number of thioether (sulfide) groups is 1. The average molecular weight is 1220 g/mol. The SMILES string of the molecule is CCC1CC(=O)N(CCCC(=O)COC2CCCC/C=C/C2OC(=O)C(C)CCC(C)C(=O)SCCC(=O)N(C)[C@@H](C)C(=O)O[C@H]2CC(=O)C(C)c3cc(cc(OC)c3C)C/C(C)=C/C=C/C(OC)C3(O)CC(C)(OC(=O)N3)[C@@H](C)[C@@H]3O[C@@]23C)C1=O. The number of fused-ring (bicyclic) bond motifs is 5. The highest BCUT2D eigenvalue weighted by atomic mass is 32.2. The van der Waals surface area contributed by atoms with Crippen LogP contribution in [0.1, 0.15) is 168 Å². The number of imide groups is 1. The molecule has 2 aliphatic carbocycles. The van der Waals surface area contributed by atoms with Crippen molar-refractivity contribution in [1.29, 1.82) is 0 Å². The largest absolute Gasteiger partial charge is 0.496 e. The monoisotopic (exact) mass is 1220 g/mol. The van der Waals surface area contributed by atoms with Crippen molar-refractivity contribution in [1.82, 2.24) is 15.1 Å². The number of methoxy groups -OCH3 is 2. The molecular formula is C65H93N3O17S. The highest BCUT2D eigenvalue weighted by Crippen LogP contribution is 2.52. The van der Waals surface area contributed by atoms with Crippen LogP contribution in [0.4, 0.5) is 4.79 Å². The molecule has 14 atom stereocenters. The van der Waals surface area contributed by atoms with Gasteiger partial charge in [-0.3, -0.25) is 43.8 Å². The highest BCUT2D eigenvalue weighted by Gasteiger charge is 2.67. The second-order valence-corrected chi connectivity index (χ2v) is 25.9. The van der Waals surface area contributed by atoms with Gasteiger partial charge < -0.3 is 43.2 Å². The first kappa shape index (κ1) is 69.4. The molecule has 0 radical (unpaired) electrons. The van der Waals surface area contributed by atoms with E-state index < -0.39 is 101 Å². The van der Waals surface area contributed by atoms with Gasteiger partial charge in [-0.1, -0.05) is 88.7 Å². The van der Waals surface area contributed by atoms with Gasteiger partial charge in [0.15, 0.2) is 16.6 Å². The molecule has 4 amide bonds. The summed E-state index contributed by atoms with van der Waals surface area (Å²) >= 11 is 0.991. The number of Topliss-reactive ketones (excluding diaryl/α,β-unsaturated/α-hetero) is 2. The van der Waals surface area contributed by atoms with Crippen LogP contribution in [0.2, 0.25) is 0 Å². The molecule has 86 heavy (non-hydrogen) atoms. The van der Waals surface area contributed by atoms with E-state index in [1.54, 1.807) is 66.9 Å². The molecule has 20 nitrogen and oxygen atoms in total. The summed E-state index contributed by atoms with van der Waals surface area (Å²) < 4.78 is 42.2. The Balaban J connectivity index is 1.03. The van der Waals surface area contributed by atoms with Gasteiger partial charge in [0.25, 0.3) is 0 Å². The summed E-state index contributed by atoms with van der Waals surface area (Å²) in [5, 5.41) is 14.5. The Kier molecular flexibility index (Phi) is 24.6. The van der Waals surface area contributed by atoms with Crippen LogP contribution in [-0.4, -0.2) is 161 Å². The molecule has 0 saturated carbocycles. The molecule has 3 aliphatic heterocycles. The summed E-state index contributed by atoms with van der Waals surface area (Å²) in [6, 6.07) is 2.77. The average Bonchev–Trinajstić information content (AvgIpc) is 1.58. The van der Waals surface area contributed by atoms with Crippen molar-refractivity contribution in [3.8, 4) is 5.75 Å². The second-order valence-electron chi connectivity index (χ2n) is 24.8. The summed E-state index contributed by atoms with van der Waals surface area (Å²) in [7, 11) is 4.47. The summed E-state index contributed by atoms with van der Waals surface area (Å²) in [4.78, 5) is 123. The number of rotatable bonds is 22. The van der Waals surface area contributed by atoms with Crippen molar-refractivity contribution < 1.29 is 81.4 Å². The van der Waals surface area contributed by atoms with E-state index in [4.69, 9.17) is 33.2 Å². The quantitative estimate of drug-likeness (QED) is 0.0362. The zero-order valence-electron chi connectivity index (χ0n) is 52.7. The molecule has 4 bridgehead atoms. The van der Waals surface area contributed by atoms with Gasteiger partial charge in [-0.2, -0.15) is 0 Å². The topological polar surface area (TPSA) is 260 Å². The Morgan fingerprint density at radius 1 is 0.942 bits per heavy atom. The van der Waals surface area contributed by atoms with Crippen LogP contribution in [0.3, 0.4) is 0 Å². The van der Waals surface area contributed by atoms with Crippen LogP contribution in [-0.2, 0) is 73.2 Å². The third kappa shape index (κ3) is 17.3. The fraction of sp³-hybridized carbons (Fsp3) is 0.677. The first-order valence-corrected chi connectivity index (χ1v) is 31.5. The van der Waals surface area contributed by atoms with Crippen molar-refractivity contribution in [2.45, 2.75) is 219 Å². The number of carbonyl (C=O) groups excluding carboxylic acids is 9. The maximum absolute atomic E-state index is 14.6. The summed E-state index contributed by atoms with van der Waals surface area (Å²) in [5.41, 5.74) is -1.18. The van der Waals surface area contributed by atoms with Gasteiger partial charge >= 0.3 is 18.0 Å². The zero-order valence-corrected chi connectivity index (χ0v) is 53.5. The summed E-state index contributed by atoms with van der Waals surface area (Å²) in [6.45, 7) is 17.7. The van der Waals surface area contributed by atoms with Crippen molar-refractivity contribution in [2.75, 3.05) is 40.2 Å². The Hall–Kier alpha value is -5.74. The third-order valence-electron chi connectivity index (χ3n) is 18.3. The van der Waals surface area contributed by atoms with Gasteiger partial charge in [-0.05, 0) is 115 Å². The molecule has 1 aromatic carbocycles. The van der Waals surface area contributed by atoms with Gasteiger partial charge in [0.05, 0.1) is 25.2 Å². The number of likely N-dealkylation sites (N-methyl/N-ethyl adjacent to an activating group) is 1. The minimum atomic E-state index is -1.91. The molecule has 6 rings (SSSR count). The maximum atomic E-state index is 14.6. The van der Waals surface area contributed by atoms with Crippen molar-refractivity contribution in [3.05, 3.63) is 64.8 Å². The molecule has 1 aromatic rings. The van der Waals surface area contributed by atoms with E-state index in [0.717, 1.165) is 53.3 Å². The Morgan fingerprint density at radius 2 is 1.66 bits per heavy atom. The van der Waals surface area contributed by atoms with Crippen LogP contribution in [0.25, 0.3) is 0 Å². The first-order valence-electron chi connectivity index (χ1n) is 30.6. The van der Waals surface area contributed by atoms with Crippen LogP contribution in [0.15, 0.2) is 48.1 Å². The number of aliphatic hydroxyl groups is 1. The smallest absolute Gasteiger partial charge is 0.410 e. The normalized spacial score (nSPS) is 31.2.